The molecule has 2 atom stereocenters. The van der Waals surface area contributed by atoms with Crippen LogP contribution in [0, 0.1) is 11.7 Å². The minimum absolute atomic E-state index is 0. The summed E-state index contributed by atoms with van der Waals surface area (Å²) in [6, 6.07) is 5.17. The van der Waals surface area contributed by atoms with Gasteiger partial charge in [-0.1, -0.05) is 12.5 Å². The lowest BCUT2D eigenvalue weighted by Crippen LogP contribution is -2.52. The van der Waals surface area contributed by atoms with Crippen LogP contribution < -0.4 is 10.1 Å². The molecule has 2 fully saturated rings. The quantitative estimate of drug-likeness (QED) is 0.343. The molecular formula is C21H34FIN4O2. The Hall–Kier alpha value is -1.13. The second-order valence-corrected chi connectivity index (χ2v) is 7.69. The number of halogens is 2. The molecule has 1 aliphatic carbocycles. The smallest absolute Gasteiger partial charge is 0.194 e. The van der Waals surface area contributed by atoms with Gasteiger partial charge in [-0.15, -0.1) is 24.0 Å². The highest BCUT2D eigenvalue weighted by Gasteiger charge is 2.26. The molecule has 1 saturated heterocycles. The second kappa shape index (κ2) is 11.9. The molecule has 1 aromatic rings. The van der Waals surface area contributed by atoms with E-state index in [0.29, 0.717) is 12.5 Å². The lowest BCUT2D eigenvalue weighted by Gasteiger charge is -2.36. The van der Waals surface area contributed by atoms with E-state index in [1.54, 1.807) is 12.1 Å². The normalized spacial score (nSPS) is 23.0. The van der Waals surface area contributed by atoms with E-state index in [4.69, 9.17) is 9.73 Å². The largest absolute Gasteiger partial charge is 0.494 e. The van der Waals surface area contributed by atoms with Gasteiger partial charge in [-0.25, -0.2) is 4.39 Å². The SMILES string of the molecule is CCNC(=NCC1CCCC1O)N1CCN(Cc2ccc(OC)c(F)c2)CC1.I. The molecule has 0 aromatic heterocycles. The Morgan fingerprint density at radius 2 is 2.03 bits per heavy atom. The van der Waals surface area contributed by atoms with Gasteiger partial charge >= 0.3 is 0 Å². The number of methoxy groups -OCH3 is 1. The summed E-state index contributed by atoms with van der Waals surface area (Å²) in [5.74, 6) is 1.21. The molecular weight excluding hydrogens is 486 g/mol. The van der Waals surface area contributed by atoms with Crippen molar-refractivity contribution in [1.82, 2.24) is 15.1 Å². The molecule has 0 radical (unpaired) electrons. The lowest BCUT2D eigenvalue weighted by molar-refractivity contribution is 0.136. The number of hydrogen-bond donors (Lipinski definition) is 2. The van der Waals surface area contributed by atoms with E-state index < -0.39 is 0 Å². The summed E-state index contributed by atoms with van der Waals surface area (Å²) in [5.41, 5.74) is 0.961. The monoisotopic (exact) mass is 520 g/mol. The van der Waals surface area contributed by atoms with Crippen molar-refractivity contribution in [2.75, 3.05) is 46.4 Å². The van der Waals surface area contributed by atoms with Crippen LogP contribution in [0.2, 0.25) is 0 Å². The maximum Gasteiger partial charge on any atom is 0.194 e. The van der Waals surface area contributed by atoms with Crippen molar-refractivity contribution in [2.24, 2.45) is 10.9 Å². The Morgan fingerprint density at radius 3 is 2.62 bits per heavy atom. The van der Waals surface area contributed by atoms with E-state index in [9.17, 15) is 9.50 Å². The number of rotatable bonds is 6. The molecule has 29 heavy (non-hydrogen) atoms. The van der Waals surface area contributed by atoms with Crippen LogP contribution in [-0.2, 0) is 6.54 Å². The predicted octanol–water partition coefficient (Wildman–Crippen LogP) is 2.70. The Kier molecular flexibility index (Phi) is 9.91. The number of nitrogens with zero attached hydrogens (tertiary/aromatic N) is 3. The highest BCUT2D eigenvalue weighted by Crippen LogP contribution is 2.25. The van der Waals surface area contributed by atoms with Crippen LogP contribution in [0.3, 0.4) is 0 Å². The van der Waals surface area contributed by atoms with Crippen LogP contribution in [0.4, 0.5) is 4.39 Å². The molecule has 3 rings (SSSR count). The van der Waals surface area contributed by atoms with Gasteiger partial charge in [-0.3, -0.25) is 9.89 Å². The fourth-order valence-corrected chi connectivity index (χ4v) is 4.04. The summed E-state index contributed by atoms with van der Waals surface area (Å²) in [6.07, 6.45) is 2.87. The maximum absolute atomic E-state index is 13.9. The maximum atomic E-state index is 13.9. The van der Waals surface area contributed by atoms with E-state index in [1.807, 2.05) is 6.07 Å². The van der Waals surface area contributed by atoms with Crippen molar-refractivity contribution < 1.29 is 14.2 Å². The Bertz CT molecular complexity index is 668. The average Bonchev–Trinajstić information content (AvgIpc) is 3.11. The fraction of sp³-hybridized carbons (Fsp3) is 0.667. The summed E-state index contributed by atoms with van der Waals surface area (Å²) in [7, 11) is 1.48. The molecule has 0 bridgehead atoms. The van der Waals surface area contributed by atoms with Crippen LogP contribution in [0.15, 0.2) is 23.2 Å². The van der Waals surface area contributed by atoms with Crippen LogP contribution in [-0.4, -0.2) is 73.3 Å². The summed E-state index contributed by atoms with van der Waals surface area (Å²) >= 11 is 0. The molecule has 2 unspecified atom stereocenters. The summed E-state index contributed by atoms with van der Waals surface area (Å²) < 4.78 is 18.9. The van der Waals surface area contributed by atoms with E-state index in [-0.39, 0.29) is 41.6 Å². The van der Waals surface area contributed by atoms with Crippen molar-refractivity contribution in [3.63, 3.8) is 0 Å². The first-order valence-electron chi connectivity index (χ1n) is 10.4. The van der Waals surface area contributed by atoms with Crippen molar-refractivity contribution in [2.45, 2.75) is 38.8 Å². The number of nitrogens with one attached hydrogen (secondary N) is 1. The molecule has 1 saturated carbocycles. The highest BCUT2D eigenvalue weighted by atomic mass is 127. The van der Waals surface area contributed by atoms with Gasteiger partial charge in [0.1, 0.15) is 0 Å². The van der Waals surface area contributed by atoms with Crippen molar-refractivity contribution in [3.8, 4) is 5.75 Å². The number of ether oxygens (including phenoxy) is 1. The van der Waals surface area contributed by atoms with Crippen LogP contribution >= 0.6 is 24.0 Å². The molecule has 1 aromatic carbocycles. The number of hydrogen-bond acceptors (Lipinski definition) is 4. The first-order valence-corrected chi connectivity index (χ1v) is 10.4. The lowest BCUT2D eigenvalue weighted by atomic mass is 10.1. The van der Waals surface area contributed by atoms with Gasteiger partial charge in [-0.2, -0.15) is 0 Å². The average molecular weight is 520 g/mol. The Labute approximate surface area is 190 Å². The molecule has 0 spiro atoms. The number of benzene rings is 1. The number of aliphatic hydroxyl groups excluding tert-OH is 1. The second-order valence-electron chi connectivity index (χ2n) is 7.69. The summed E-state index contributed by atoms with van der Waals surface area (Å²) in [4.78, 5) is 9.42. The zero-order valence-electron chi connectivity index (χ0n) is 17.4. The third-order valence-corrected chi connectivity index (χ3v) is 5.72. The molecule has 8 heteroatoms. The first-order chi connectivity index (χ1) is 13.6. The van der Waals surface area contributed by atoms with Crippen molar-refractivity contribution in [1.29, 1.82) is 0 Å². The standard InChI is InChI=1S/C21H33FN4O2.HI/c1-3-23-21(24-14-17-5-4-6-19(17)27)26-11-9-25(10-12-26)15-16-7-8-20(28-2)18(22)13-16;/h7-8,13,17,19,27H,3-6,9-12,14-15H2,1-2H3,(H,23,24);1H. The zero-order chi connectivity index (χ0) is 19.9. The van der Waals surface area contributed by atoms with Gasteiger partial charge in [-0.05, 0) is 37.5 Å². The van der Waals surface area contributed by atoms with Crippen LogP contribution in [0.1, 0.15) is 31.7 Å². The molecule has 0 amide bonds. The van der Waals surface area contributed by atoms with Gasteiger partial charge in [0.2, 0.25) is 0 Å². The fourth-order valence-electron chi connectivity index (χ4n) is 4.04. The van der Waals surface area contributed by atoms with Crippen LogP contribution in [0.5, 0.6) is 5.75 Å². The van der Waals surface area contributed by atoms with Crippen LogP contribution in [0.25, 0.3) is 0 Å². The summed E-state index contributed by atoms with van der Waals surface area (Å²) in [6.45, 7) is 7.92. The summed E-state index contributed by atoms with van der Waals surface area (Å²) in [5, 5.41) is 13.4. The van der Waals surface area contributed by atoms with E-state index >= 15 is 0 Å². The minimum Gasteiger partial charge on any atom is -0.494 e. The predicted molar refractivity (Wildman–Crippen MR) is 125 cm³/mol. The highest BCUT2D eigenvalue weighted by molar-refractivity contribution is 14.0. The molecule has 2 aliphatic rings. The van der Waals surface area contributed by atoms with Gasteiger partial charge in [0.15, 0.2) is 17.5 Å². The topological polar surface area (TPSA) is 60.3 Å². The molecule has 1 heterocycles. The van der Waals surface area contributed by atoms with Gasteiger partial charge in [0.25, 0.3) is 0 Å². The van der Waals surface area contributed by atoms with E-state index in [1.165, 1.54) is 7.11 Å². The van der Waals surface area contributed by atoms with E-state index in [0.717, 1.165) is 70.1 Å². The zero-order valence-corrected chi connectivity index (χ0v) is 19.8. The molecule has 6 nitrogen and oxygen atoms in total. The van der Waals surface area contributed by atoms with Gasteiger partial charge in [0.05, 0.1) is 13.2 Å². The first kappa shape index (κ1) is 24.1. The number of aliphatic hydroxyl groups is 1. The van der Waals surface area contributed by atoms with Crippen molar-refractivity contribution >= 4 is 29.9 Å². The van der Waals surface area contributed by atoms with E-state index in [2.05, 4.69) is 22.0 Å². The Morgan fingerprint density at radius 1 is 1.28 bits per heavy atom. The molecule has 1 aliphatic heterocycles. The number of piperazine rings is 1. The number of guanidine groups is 1. The minimum atomic E-state index is -0.311. The molecule has 164 valence electrons. The number of aliphatic imine (C=N–C) groups is 1. The third-order valence-electron chi connectivity index (χ3n) is 5.72. The Balaban J connectivity index is 0.00000300. The van der Waals surface area contributed by atoms with Crippen molar-refractivity contribution in [3.05, 3.63) is 29.6 Å². The van der Waals surface area contributed by atoms with Gasteiger partial charge < -0.3 is 20.1 Å². The van der Waals surface area contributed by atoms with Gasteiger partial charge in [0, 0.05) is 51.7 Å². The third kappa shape index (κ3) is 6.68. The molecule has 2 N–H and O–H groups in total.